The van der Waals surface area contributed by atoms with Crippen LogP contribution in [0.1, 0.15) is 36.8 Å². The highest BCUT2D eigenvalue weighted by atomic mass is 32.2. The van der Waals surface area contributed by atoms with Crippen LogP contribution in [0, 0.1) is 24.2 Å². The van der Waals surface area contributed by atoms with Crippen LogP contribution in [-0.2, 0) is 10.0 Å². The Kier molecular flexibility index (Phi) is 4.46. The maximum absolute atomic E-state index is 12.5. The van der Waals surface area contributed by atoms with Gasteiger partial charge in [0, 0.05) is 13.6 Å². The Labute approximate surface area is 121 Å². The fourth-order valence-corrected chi connectivity index (χ4v) is 4.09. The predicted molar refractivity (Wildman–Crippen MR) is 77.7 cm³/mol. The van der Waals surface area contributed by atoms with Crippen LogP contribution in [-0.4, -0.2) is 26.3 Å². The Morgan fingerprint density at radius 1 is 1.35 bits per heavy atom. The van der Waals surface area contributed by atoms with E-state index in [4.69, 9.17) is 5.26 Å². The largest absolute Gasteiger partial charge is 0.242 e. The molecule has 108 valence electrons. The van der Waals surface area contributed by atoms with Crippen LogP contribution in [0.15, 0.2) is 23.1 Å². The second-order valence-corrected chi connectivity index (χ2v) is 7.57. The molecule has 0 aliphatic heterocycles. The molecule has 1 aromatic carbocycles. The first-order chi connectivity index (χ1) is 9.45. The molecule has 0 aromatic heterocycles. The molecule has 20 heavy (non-hydrogen) atoms. The van der Waals surface area contributed by atoms with E-state index in [2.05, 4.69) is 6.07 Å². The molecule has 1 aliphatic rings. The zero-order valence-corrected chi connectivity index (χ0v) is 12.8. The van der Waals surface area contributed by atoms with E-state index in [1.54, 1.807) is 26.1 Å². The molecule has 2 rings (SSSR count). The number of rotatable bonds is 4. The summed E-state index contributed by atoms with van der Waals surface area (Å²) in [5.41, 5.74) is 1.21. The number of hydrogen-bond donors (Lipinski definition) is 0. The first-order valence-corrected chi connectivity index (χ1v) is 8.36. The highest BCUT2D eigenvalue weighted by Crippen LogP contribution is 2.27. The fraction of sp³-hybridized carbons (Fsp3) is 0.533. The first kappa shape index (κ1) is 15.0. The summed E-state index contributed by atoms with van der Waals surface area (Å²) in [5.74, 6) is 0.481. The third kappa shape index (κ3) is 3.02. The number of hydrogen-bond acceptors (Lipinski definition) is 3. The molecule has 1 aliphatic carbocycles. The van der Waals surface area contributed by atoms with E-state index < -0.39 is 10.0 Å². The van der Waals surface area contributed by atoms with Crippen molar-refractivity contribution in [2.75, 3.05) is 13.6 Å². The molecule has 1 saturated carbocycles. The minimum atomic E-state index is -3.45. The molecule has 0 saturated heterocycles. The molecule has 0 N–H and O–H groups in total. The topological polar surface area (TPSA) is 61.2 Å². The number of nitrogens with zero attached hydrogens (tertiary/aromatic N) is 2. The normalized spacial score (nSPS) is 16.5. The summed E-state index contributed by atoms with van der Waals surface area (Å²) in [6.45, 7) is 2.34. The van der Waals surface area contributed by atoms with E-state index in [1.165, 1.54) is 23.2 Å². The van der Waals surface area contributed by atoms with Gasteiger partial charge in [0.05, 0.1) is 16.5 Å². The average molecular weight is 292 g/mol. The number of nitriles is 1. The second-order valence-electron chi connectivity index (χ2n) is 5.52. The summed E-state index contributed by atoms with van der Waals surface area (Å²) in [5, 5.41) is 8.90. The molecule has 5 heteroatoms. The van der Waals surface area contributed by atoms with Crippen molar-refractivity contribution >= 4 is 10.0 Å². The van der Waals surface area contributed by atoms with E-state index in [9.17, 15) is 8.42 Å². The smallest absolute Gasteiger partial charge is 0.207 e. The van der Waals surface area contributed by atoms with Crippen molar-refractivity contribution in [1.82, 2.24) is 4.31 Å². The second kappa shape index (κ2) is 5.94. The molecule has 0 heterocycles. The van der Waals surface area contributed by atoms with Crippen molar-refractivity contribution in [2.24, 2.45) is 5.92 Å². The van der Waals surface area contributed by atoms with E-state index in [1.807, 2.05) is 0 Å². The lowest BCUT2D eigenvalue weighted by Gasteiger charge is -2.21. The van der Waals surface area contributed by atoms with Crippen LogP contribution in [0.2, 0.25) is 0 Å². The quantitative estimate of drug-likeness (QED) is 0.857. The monoisotopic (exact) mass is 292 g/mol. The first-order valence-electron chi connectivity index (χ1n) is 6.92. The summed E-state index contributed by atoms with van der Waals surface area (Å²) >= 11 is 0. The highest BCUT2D eigenvalue weighted by molar-refractivity contribution is 7.89. The summed E-state index contributed by atoms with van der Waals surface area (Å²) in [4.78, 5) is 0.273. The summed E-state index contributed by atoms with van der Waals surface area (Å²) in [7, 11) is -1.81. The third-order valence-corrected chi connectivity index (χ3v) is 5.84. The molecule has 0 radical (unpaired) electrons. The van der Waals surface area contributed by atoms with Gasteiger partial charge in [0.1, 0.15) is 0 Å². The minimum Gasteiger partial charge on any atom is -0.207 e. The molecule has 0 atom stereocenters. The van der Waals surface area contributed by atoms with Gasteiger partial charge in [0.2, 0.25) is 10.0 Å². The Morgan fingerprint density at radius 3 is 2.55 bits per heavy atom. The lowest BCUT2D eigenvalue weighted by Crippen LogP contribution is -2.31. The zero-order valence-electron chi connectivity index (χ0n) is 12.0. The zero-order chi connectivity index (χ0) is 14.8. The Morgan fingerprint density at radius 2 is 2.00 bits per heavy atom. The van der Waals surface area contributed by atoms with Gasteiger partial charge in [-0.2, -0.15) is 5.26 Å². The van der Waals surface area contributed by atoms with Gasteiger partial charge in [-0.15, -0.1) is 0 Å². The maximum Gasteiger partial charge on any atom is 0.242 e. The molecule has 0 unspecified atom stereocenters. The Hall–Kier alpha value is -1.38. The Bertz CT molecular complexity index is 626. The summed E-state index contributed by atoms with van der Waals surface area (Å²) in [6.07, 6.45) is 4.64. The molecular weight excluding hydrogens is 272 g/mol. The van der Waals surface area contributed by atoms with Crippen molar-refractivity contribution in [3.05, 3.63) is 29.3 Å². The van der Waals surface area contributed by atoms with Gasteiger partial charge in [0.25, 0.3) is 0 Å². The van der Waals surface area contributed by atoms with Crippen LogP contribution >= 0.6 is 0 Å². The average Bonchev–Trinajstić information content (AvgIpc) is 2.91. The molecule has 0 spiro atoms. The highest BCUT2D eigenvalue weighted by Gasteiger charge is 2.25. The number of aryl methyl sites for hydroxylation is 1. The predicted octanol–water partition coefficient (Wildman–Crippen LogP) is 2.68. The van der Waals surface area contributed by atoms with Crippen LogP contribution in [0.3, 0.4) is 0 Å². The van der Waals surface area contributed by atoms with E-state index in [0.717, 1.165) is 12.8 Å². The lowest BCUT2D eigenvalue weighted by atomic mass is 10.1. The van der Waals surface area contributed by atoms with Crippen molar-refractivity contribution in [3.63, 3.8) is 0 Å². The molecular formula is C15H20N2O2S. The van der Waals surface area contributed by atoms with Crippen molar-refractivity contribution in [2.45, 2.75) is 37.5 Å². The lowest BCUT2D eigenvalue weighted by molar-refractivity contribution is 0.387. The van der Waals surface area contributed by atoms with E-state index >= 15 is 0 Å². The SMILES string of the molecule is Cc1cc(S(=O)(=O)N(C)CC2CCCC2)ccc1C#N. The van der Waals surface area contributed by atoms with Gasteiger partial charge in [0.15, 0.2) is 0 Å². The maximum atomic E-state index is 12.5. The van der Waals surface area contributed by atoms with Crippen LogP contribution < -0.4 is 0 Å². The molecule has 1 aromatic rings. The van der Waals surface area contributed by atoms with Crippen LogP contribution in [0.5, 0.6) is 0 Å². The van der Waals surface area contributed by atoms with Crippen molar-refractivity contribution in [1.29, 1.82) is 5.26 Å². The number of benzene rings is 1. The van der Waals surface area contributed by atoms with Crippen LogP contribution in [0.25, 0.3) is 0 Å². The van der Waals surface area contributed by atoms with E-state index in [0.29, 0.717) is 23.6 Å². The van der Waals surface area contributed by atoms with Gasteiger partial charge >= 0.3 is 0 Å². The summed E-state index contributed by atoms with van der Waals surface area (Å²) in [6, 6.07) is 6.73. The fourth-order valence-electron chi connectivity index (χ4n) is 2.76. The minimum absolute atomic E-state index is 0.273. The third-order valence-electron chi connectivity index (χ3n) is 4.02. The van der Waals surface area contributed by atoms with Gasteiger partial charge in [-0.1, -0.05) is 12.8 Å². The van der Waals surface area contributed by atoms with Gasteiger partial charge in [-0.05, 0) is 49.4 Å². The van der Waals surface area contributed by atoms with E-state index in [-0.39, 0.29) is 4.90 Å². The van der Waals surface area contributed by atoms with Gasteiger partial charge in [-0.25, -0.2) is 12.7 Å². The molecule has 1 fully saturated rings. The molecule has 0 amide bonds. The summed E-state index contributed by atoms with van der Waals surface area (Å²) < 4.78 is 26.5. The molecule has 0 bridgehead atoms. The van der Waals surface area contributed by atoms with Crippen molar-refractivity contribution < 1.29 is 8.42 Å². The van der Waals surface area contributed by atoms with Crippen LogP contribution in [0.4, 0.5) is 0 Å². The van der Waals surface area contributed by atoms with Gasteiger partial charge in [-0.3, -0.25) is 0 Å². The standard InChI is InChI=1S/C15H20N2O2S/c1-12-9-15(8-7-14(12)10-16)20(18,19)17(2)11-13-5-3-4-6-13/h7-9,13H,3-6,11H2,1-2H3. The van der Waals surface area contributed by atoms with Crippen molar-refractivity contribution in [3.8, 4) is 6.07 Å². The van der Waals surface area contributed by atoms with Gasteiger partial charge < -0.3 is 0 Å². The Balaban J connectivity index is 2.20. The molecule has 4 nitrogen and oxygen atoms in total. The number of sulfonamides is 1.